The molecule has 9 nitrogen and oxygen atoms in total. The van der Waals surface area contributed by atoms with E-state index in [4.69, 9.17) is 0 Å². The molecule has 1 fully saturated rings. The van der Waals surface area contributed by atoms with E-state index in [1.807, 2.05) is 47.2 Å². The fourth-order valence-electron chi connectivity index (χ4n) is 4.79. The number of H-pyrrole nitrogens is 1. The molecule has 1 aromatic carbocycles. The van der Waals surface area contributed by atoms with Gasteiger partial charge in [0.15, 0.2) is 0 Å². The highest BCUT2D eigenvalue weighted by molar-refractivity contribution is 5.70. The van der Waals surface area contributed by atoms with Crippen LogP contribution in [0.4, 0.5) is 0 Å². The molecule has 2 unspecified atom stereocenters. The summed E-state index contributed by atoms with van der Waals surface area (Å²) in [5, 5.41) is 24.6. The van der Waals surface area contributed by atoms with Gasteiger partial charge in [0.05, 0.1) is 24.4 Å². The molecule has 2 atom stereocenters. The number of nitrogens with one attached hydrogen (secondary N) is 1. The Morgan fingerprint density at radius 3 is 2.76 bits per heavy atom. The number of hydrogen-bond donors (Lipinski definition) is 2. The molecule has 0 aliphatic heterocycles. The van der Waals surface area contributed by atoms with Crippen molar-refractivity contribution in [1.29, 1.82) is 0 Å². The number of tetrazole rings is 1. The second-order valence-corrected chi connectivity index (χ2v) is 8.92. The molecule has 1 aliphatic carbocycles. The average Bonchev–Trinajstić information content (AvgIpc) is 3.60. The third-order valence-corrected chi connectivity index (χ3v) is 6.61. The first kappa shape index (κ1) is 22.2. The van der Waals surface area contributed by atoms with Gasteiger partial charge in [-0.05, 0) is 66.6 Å². The van der Waals surface area contributed by atoms with E-state index in [0.717, 1.165) is 66.6 Å². The number of imidazole rings is 1. The maximum Gasteiger partial charge on any atom is 0.329 e. The Bertz CT molecular complexity index is 1310. The van der Waals surface area contributed by atoms with E-state index < -0.39 is 6.10 Å². The van der Waals surface area contributed by atoms with Gasteiger partial charge >= 0.3 is 5.69 Å². The zero-order valence-electron chi connectivity index (χ0n) is 19.3. The molecule has 0 spiro atoms. The molecule has 2 N–H and O–H groups in total. The zero-order valence-corrected chi connectivity index (χ0v) is 19.3. The molecule has 34 heavy (non-hydrogen) atoms. The summed E-state index contributed by atoms with van der Waals surface area (Å²) in [6.45, 7) is 2.54. The molecule has 0 saturated heterocycles. The third kappa shape index (κ3) is 4.43. The fraction of sp³-hybridized carbons (Fsp3) is 0.400. The van der Waals surface area contributed by atoms with E-state index in [1.165, 1.54) is 0 Å². The standard InChI is InChI=1S/C25H29N7O2/c1-2-3-8-21-16-32(22-9-5-10-23(22)33)25(34)31(21)15-20-14-18(11-12-26-20)17-6-4-7-19(13-17)24-27-29-30-28-24/h4,6-7,11-14,16,22-23,33H,2-3,5,8-10,15H2,1H3,(H,27,28,29,30). The number of nitrogens with zero attached hydrogens (tertiary/aromatic N) is 6. The fourth-order valence-corrected chi connectivity index (χ4v) is 4.79. The summed E-state index contributed by atoms with van der Waals surface area (Å²) >= 11 is 0. The number of aromatic amines is 1. The summed E-state index contributed by atoms with van der Waals surface area (Å²) in [6.07, 6.45) is 8.69. The number of aryl methyl sites for hydroxylation is 1. The Labute approximate surface area is 197 Å². The van der Waals surface area contributed by atoms with Crippen molar-refractivity contribution in [3.63, 3.8) is 0 Å². The van der Waals surface area contributed by atoms with Gasteiger partial charge < -0.3 is 5.11 Å². The second kappa shape index (κ2) is 9.72. The quantitative estimate of drug-likeness (QED) is 0.418. The summed E-state index contributed by atoms with van der Waals surface area (Å²) < 4.78 is 3.57. The molecule has 5 rings (SSSR count). The van der Waals surface area contributed by atoms with Crippen molar-refractivity contribution in [1.82, 2.24) is 34.7 Å². The van der Waals surface area contributed by atoms with Gasteiger partial charge in [0, 0.05) is 23.7 Å². The number of aromatic nitrogens is 7. The predicted molar refractivity (Wildman–Crippen MR) is 128 cm³/mol. The third-order valence-electron chi connectivity index (χ3n) is 6.61. The van der Waals surface area contributed by atoms with Crippen LogP contribution in [0.2, 0.25) is 0 Å². The normalized spacial score (nSPS) is 17.9. The summed E-state index contributed by atoms with van der Waals surface area (Å²) in [5.74, 6) is 0.540. The highest BCUT2D eigenvalue weighted by atomic mass is 16.3. The lowest BCUT2D eigenvalue weighted by Crippen LogP contribution is -2.31. The van der Waals surface area contributed by atoms with E-state index in [2.05, 4.69) is 32.5 Å². The molecule has 9 heteroatoms. The summed E-state index contributed by atoms with van der Waals surface area (Å²) in [5.41, 5.74) is 4.63. The monoisotopic (exact) mass is 459 g/mol. The van der Waals surface area contributed by atoms with Crippen LogP contribution >= 0.6 is 0 Å². The van der Waals surface area contributed by atoms with Gasteiger partial charge in [-0.15, -0.1) is 10.2 Å². The van der Waals surface area contributed by atoms with Crippen LogP contribution in [0.25, 0.3) is 22.5 Å². The molecule has 0 amide bonds. The van der Waals surface area contributed by atoms with Gasteiger partial charge in [0.2, 0.25) is 5.82 Å². The van der Waals surface area contributed by atoms with E-state index >= 15 is 0 Å². The molecule has 1 aliphatic rings. The van der Waals surface area contributed by atoms with Gasteiger partial charge in [0.25, 0.3) is 0 Å². The van der Waals surface area contributed by atoms with E-state index in [0.29, 0.717) is 12.4 Å². The maximum absolute atomic E-state index is 13.4. The summed E-state index contributed by atoms with van der Waals surface area (Å²) in [6, 6.07) is 11.8. The van der Waals surface area contributed by atoms with Crippen molar-refractivity contribution >= 4 is 0 Å². The Morgan fingerprint density at radius 2 is 2.00 bits per heavy atom. The van der Waals surface area contributed by atoms with Crippen LogP contribution in [0, 0.1) is 0 Å². The topological polar surface area (TPSA) is 115 Å². The van der Waals surface area contributed by atoms with Crippen LogP contribution in [0.3, 0.4) is 0 Å². The number of aliphatic hydroxyl groups excluding tert-OH is 1. The lowest BCUT2D eigenvalue weighted by molar-refractivity contribution is 0.134. The average molecular weight is 460 g/mol. The highest BCUT2D eigenvalue weighted by Gasteiger charge is 2.29. The minimum Gasteiger partial charge on any atom is -0.391 e. The highest BCUT2D eigenvalue weighted by Crippen LogP contribution is 2.30. The van der Waals surface area contributed by atoms with E-state index in [9.17, 15) is 9.90 Å². The van der Waals surface area contributed by atoms with Gasteiger partial charge in [0.1, 0.15) is 0 Å². The minimum absolute atomic E-state index is 0.0663. The van der Waals surface area contributed by atoms with Gasteiger partial charge in [-0.3, -0.25) is 14.1 Å². The summed E-state index contributed by atoms with van der Waals surface area (Å²) in [4.78, 5) is 17.9. The molecular formula is C25H29N7O2. The molecule has 0 bridgehead atoms. The lowest BCUT2D eigenvalue weighted by Gasteiger charge is -2.14. The van der Waals surface area contributed by atoms with Crippen LogP contribution < -0.4 is 5.69 Å². The molecule has 3 aromatic heterocycles. The minimum atomic E-state index is -0.458. The second-order valence-electron chi connectivity index (χ2n) is 8.92. The van der Waals surface area contributed by atoms with Crippen molar-refractivity contribution in [2.45, 2.75) is 64.1 Å². The van der Waals surface area contributed by atoms with Crippen molar-refractivity contribution in [2.24, 2.45) is 0 Å². The van der Waals surface area contributed by atoms with Crippen LogP contribution in [0.15, 0.2) is 53.6 Å². The molecule has 176 valence electrons. The van der Waals surface area contributed by atoms with Gasteiger partial charge in [-0.1, -0.05) is 31.5 Å². The van der Waals surface area contributed by atoms with E-state index in [-0.39, 0.29) is 11.7 Å². The predicted octanol–water partition coefficient (Wildman–Crippen LogP) is 3.37. The molecule has 1 saturated carbocycles. The first-order valence-corrected chi connectivity index (χ1v) is 11.9. The van der Waals surface area contributed by atoms with Crippen molar-refractivity contribution < 1.29 is 5.11 Å². The van der Waals surface area contributed by atoms with Crippen molar-refractivity contribution in [2.75, 3.05) is 0 Å². The Kier molecular flexibility index (Phi) is 6.35. The summed E-state index contributed by atoms with van der Waals surface area (Å²) in [7, 11) is 0. The van der Waals surface area contributed by atoms with Crippen molar-refractivity contribution in [3.8, 4) is 22.5 Å². The number of hydrogen-bond acceptors (Lipinski definition) is 6. The van der Waals surface area contributed by atoms with Crippen molar-refractivity contribution in [3.05, 3.63) is 70.7 Å². The first-order valence-electron chi connectivity index (χ1n) is 11.9. The lowest BCUT2D eigenvalue weighted by atomic mass is 10.0. The number of benzene rings is 1. The SMILES string of the molecule is CCCCc1cn(C2CCCC2O)c(=O)n1Cc1cc(-c2cccc(-c3nn[nH]n3)c2)ccn1. The molecule has 3 heterocycles. The largest absolute Gasteiger partial charge is 0.391 e. The van der Waals surface area contributed by atoms with Crippen LogP contribution in [-0.2, 0) is 13.0 Å². The maximum atomic E-state index is 13.4. The Hall–Kier alpha value is -3.59. The number of rotatable bonds is 8. The molecular weight excluding hydrogens is 430 g/mol. The first-order chi connectivity index (χ1) is 16.6. The Morgan fingerprint density at radius 1 is 1.15 bits per heavy atom. The van der Waals surface area contributed by atoms with E-state index in [1.54, 1.807) is 10.8 Å². The van der Waals surface area contributed by atoms with Crippen LogP contribution in [-0.4, -0.2) is 46.0 Å². The van der Waals surface area contributed by atoms with Crippen LogP contribution in [0.5, 0.6) is 0 Å². The number of pyridine rings is 1. The molecule has 0 radical (unpaired) electrons. The van der Waals surface area contributed by atoms with Gasteiger partial charge in [-0.25, -0.2) is 4.79 Å². The van der Waals surface area contributed by atoms with Crippen LogP contribution in [0.1, 0.15) is 56.5 Å². The zero-order chi connectivity index (χ0) is 23.5. The Balaban J connectivity index is 1.46. The number of aliphatic hydroxyl groups is 1. The number of unbranched alkanes of at least 4 members (excludes halogenated alkanes) is 1. The smallest absolute Gasteiger partial charge is 0.329 e. The van der Waals surface area contributed by atoms with Gasteiger partial charge in [-0.2, -0.15) is 5.21 Å². The molecule has 4 aromatic rings.